The second kappa shape index (κ2) is 6.57. The Morgan fingerprint density at radius 1 is 1.53 bits per heavy atom. The van der Waals surface area contributed by atoms with Gasteiger partial charge in [-0.25, -0.2) is 0 Å². The first-order valence-electron chi connectivity index (χ1n) is 6.84. The minimum absolute atomic E-state index is 0.208. The number of benzene rings is 1. The van der Waals surface area contributed by atoms with Gasteiger partial charge in [0.05, 0.1) is 13.2 Å². The molecule has 0 radical (unpaired) electrons. The molecule has 1 atom stereocenters. The zero-order valence-electron chi connectivity index (χ0n) is 11.7. The number of methoxy groups -OCH3 is 1. The fourth-order valence-electron chi connectivity index (χ4n) is 2.64. The number of nitrogens with zero attached hydrogens (tertiary/aromatic N) is 1. The number of likely N-dealkylation sites (tertiary alicyclic amines) is 1. The van der Waals surface area contributed by atoms with E-state index in [0.29, 0.717) is 6.42 Å². The van der Waals surface area contributed by atoms with Crippen LogP contribution in [0.25, 0.3) is 0 Å². The van der Waals surface area contributed by atoms with E-state index in [1.54, 1.807) is 7.11 Å². The van der Waals surface area contributed by atoms with Crippen LogP contribution in [0.1, 0.15) is 30.9 Å². The van der Waals surface area contributed by atoms with Crippen LogP contribution in [0.4, 0.5) is 0 Å². The summed E-state index contributed by atoms with van der Waals surface area (Å²) in [6.45, 7) is 1.60. The molecule has 1 aromatic rings. The highest BCUT2D eigenvalue weighted by Gasteiger charge is 2.29. The monoisotopic (exact) mass is 262 g/mol. The van der Waals surface area contributed by atoms with E-state index in [1.807, 2.05) is 30.1 Å². The van der Waals surface area contributed by atoms with Gasteiger partial charge in [-0.2, -0.15) is 0 Å². The summed E-state index contributed by atoms with van der Waals surface area (Å²) in [6, 6.07) is 8.25. The molecular formula is C15H22N2O2. The second-order valence-electron chi connectivity index (χ2n) is 4.88. The first-order valence-corrected chi connectivity index (χ1v) is 6.84. The van der Waals surface area contributed by atoms with Gasteiger partial charge in [0.2, 0.25) is 5.91 Å². The maximum atomic E-state index is 12.2. The van der Waals surface area contributed by atoms with Crippen LogP contribution in [0.15, 0.2) is 24.3 Å². The number of nitrogens with one attached hydrogen (secondary N) is 1. The van der Waals surface area contributed by atoms with E-state index >= 15 is 0 Å². The van der Waals surface area contributed by atoms with E-state index in [-0.39, 0.29) is 11.9 Å². The topological polar surface area (TPSA) is 41.6 Å². The van der Waals surface area contributed by atoms with Crippen LogP contribution in [-0.4, -0.2) is 38.1 Å². The lowest BCUT2D eigenvalue weighted by Crippen LogP contribution is -2.32. The van der Waals surface area contributed by atoms with Crippen molar-refractivity contribution in [1.29, 1.82) is 0 Å². The third-order valence-electron chi connectivity index (χ3n) is 3.64. The third-order valence-corrected chi connectivity index (χ3v) is 3.64. The predicted octanol–water partition coefficient (Wildman–Crippen LogP) is 1.97. The van der Waals surface area contributed by atoms with E-state index in [2.05, 4.69) is 11.4 Å². The van der Waals surface area contributed by atoms with Crippen LogP contribution in [0, 0.1) is 0 Å². The van der Waals surface area contributed by atoms with Gasteiger partial charge in [-0.05, 0) is 37.6 Å². The molecular weight excluding hydrogens is 240 g/mol. The highest BCUT2D eigenvalue weighted by atomic mass is 16.5. The largest absolute Gasteiger partial charge is 0.497 e. The molecule has 1 aromatic carbocycles. The van der Waals surface area contributed by atoms with Crippen molar-refractivity contribution in [3.8, 4) is 5.75 Å². The minimum Gasteiger partial charge on any atom is -0.497 e. The highest BCUT2D eigenvalue weighted by molar-refractivity contribution is 5.77. The van der Waals surface area contributed by atoms with Crippen LogP contribution >= 0.6 is 0 Å². The Hall–Kier alpha value is -1.55. The average Bonchev–Trinajstić information content (AvgIpc) is 2.94. The zero-order chi connectivity index (χ0) is 13.7. The molecule has 0 aliphatic carbocycles. The smallest absolute Gasteiger partial charge is 0.224 e. The van der Waals surface area contributed by atoms with E-state index in [9.17, 15) is 4.79 Å². The lowest BCUT2D eigenvalue weighted by Gasteiger charge is -2.25. The van der Waals surface area contributed by atoms with E-state index in [4.69, 9.17) is 4.74 Å². The van der Waals surface area contributed by atoms with Gasteiger partial charge in [-0.1, -0.05) is 12.1 Å². The first-order chi connectivity index (χ1) is 9.26. The molecule has 4 nitrogen and oxygen atoms in total. The summed E-state index contributed by atoms with van der Waals surface area (Å²) < 4.78 is 5.26. The summed E-state index contributed by atoms with van der Waals surface area (Å²) >= 11 is 0. The zero-order valence-corrected chi connectivity index (χ0v) is 11.7. The summed E-state index contributed by atoms with van der Waals surface area (Å²) in [5.74, 6) is 1.09. The lowest BCUT2D eigenvalue weighted by molar-refractivity contribution is -0.132. The molecule has 0 spiro atoms. The quantitative estimate of drug-likeness (QED) is 0.882. The van der Waals surface area contributed by atoms with Crippen molar-refractivity contribution in [2.24, 2.45) is 0 Å². The second-order valence-corrected chi connectivity index (χ2v) is 4.88. The molecule has 1 fully saturated rings. The van der Waals surface area contributed by atoms with Crippen LogP contribution in [0.2, 0.25) is 0 Å². The number of carbonyl (C=O) groups is 1. The van der Waals surface area contributed by atoms with Crippen molar-refractivity contribution in [1.82, 2.24) is 10.2 Å². The molecule has 1 N–H and O–H groups in total. The molecule has 1 unspecified atom stereocenters. The van der Waals surface area contributed by atoms with E-state index < -0.39 is 0 Å². The van der Waals surface area contributed by atoms with Crippen LogP contribution in [0.5, 0.6) is 5.75 Å². The van der Waals surface area contributed by atoms with Gasteiger partial charge < -0.3 is 15.0 Å². The van der Waals surface area contributed by atoms with Gasteiger partial charge in [-0.3, -0.25) is 4.79 Å². The molecule has 1 amide bonds. The summed E-state index contributed by atoms with van der Waals surface area (Å²) in [4.78, 5) is 14.2. The number of carbonyl (C=O) groups excluding carboxylic acids is 1. The molecule has 4 heteroatoms. The van der Waals surface area contributed by atoms with Crippen LogP contribution in [0.3, 0.4) is 0 Å². The van der Waals surface area contributed by atoms with Crippen LogP contribution < -0.4 is 10.1 Å². The molecule has 1 aliphatic heterocycles. The van der Waals surface area contributed by atoms with Crippen molar-refractivity contribution in [2.45, 2.75) is 25.3 Å². The predicted molar refractivity (Wildman–Crippen MR) is 75.2 cm³/mol. The molecule has 104 valence electrons. The molecule has 1 heterocycles. The normalized spacial score (nSPS) is 18.6. The van der Waals surface area contributed by atoms with E-state index in [0.717, 1.165) is 31.7 Å². The molecule has 0 aromatic heterocycles. The first kappa shape index (κ1) is 13.9. The molecule has 0 saturated carbocycles. The SMILES string of the molecule is CNCCC(=O)N1CCCC1c1cccc(OC)c1. The highest BCUT2D eigenvalue weighted by Crippen LogP contribution is 2.33. The summed E-state index contributed by atoms with van der Waals surface area (Å²) in [7, 11) is 3.54. The molecule has 1 aliphatic rings. The number of rotatable bonds is 5. The Balaban J connectivity index is 2.11. The van der Waals surface area contributed by atoms with Gasteiger partial charge in [0.1, 0.15) is 5.75 Å². The average molecular weight is 262 g/mol. The Kier molecular flexibility index (Phi) is 4.80. The molecule has 2 rings (SSSR count). The van der Waals surface area contributed by atoms with Crippen molar-refractivity contribution < 1.29 is 9.53 Å². The van der Waals surface area contributed by atoms with Gasteiger partial charge in [0, 0.05) is 19.5 Å². The Morgan fingerprint density at radius 3 is 3.11 bits per heavy atom. The van der Waals surface area contributed by atoms with Gasteiger partial charge in [0.25, 0.3) is 0 Å². The maximum Gasteiger partial charge on any atom is 0.224 e. The van der Waals surface area contributed by atoms with Gasteiger partial charge >= 0.3 is 0 Å². The number of hydrogen-bond acceptors (Lipinski definition) is 3. The van der Waals surface area contributed by atoms with Crippen molar-refractivity contribution >= 4 is 5.91 Å². The molecule has 19 heavy (non-hydrogen) atoms. The Bertz CT molecular complexity index is 434. The summed E-state index contributed by atoms with van der Waals surface area (Å²) in [6.07, 6.45) is 2.68. The Morgan fingerprint density at radius 2 is 2.37 bits per heavy atom. The fourth-order valence-corrected chi connectivity index (χ4v) is 2.64. The van der Waals surface area contributed by atoms with Crippen molar-refractivity contribution in [3.63, 3.8) is 0 Å². The third kappa shape index (κ3) is 3.26. The maximum absolute atomic E-state index is 12.2. The van der Waals surface area contributed by atoms with Crippen molar-refractivity contribution in [2.75, 3.05) is 27.2 Å². The van der Waals surface area contributed by atoms with E-state index in [1.165, 1.54) is 5.56 Å². The Labute approximate surface area is 114 Å². The standard InChI is InChI=1S/C15H22N2O2/c1-16-9-8-15(18)17-10-4-7-14(17)12-5-3-6-13(11-12)19-2/h3,5-6,11,14,16H,4,7-10H2,1-2H3. The lowest BCUT2D eigenvalue weighted by atomic mass is 10.0. The molecule has 1 saturated heterocycles. The summed E-state index contributed by atoms with van der Waals surface area (Å²) in [5.41, 5.74) is 1.18. The minimum atomic E-state index is 0.208. The van der Waals surface area contributed by atoms with Crippen LogP contribution in [-0.2, 0) is 4.79 Å². The van der Waals surface area contributed by atoms with Gasteiger partial charge in [-0.15, -0.1) is 0 Å². The summed E-state index contributed by atoms with van der Waals surface area (Å²) in [5, 5.41) is 3.03. The fraction of sp³-hybridized carbons (Fsp3) is 0.533. The number of amides is 1. The molecule has 0 bridgehead atoms. The number of hydrogen-bond donors (Lipinski definition) is 1. The van der Waals surface area contributed by atoms with Crippen molar-refractivity contribution in [3.05, 3.63) is 29.8 Å². The number of ether oxygens (including phenoxy) is 1. The van der Waals surface area contributed by atoms with Gasteiger partial charge in [0.15, 0.2) is 0 Å².